The molecule has 94 valence electrons. The second-order valence-electron chi connectivity index (χ2n) is 2.95. The van der Waals surface area contributed by atoms with E-state index in [1.807, 2.05) is 18.0 Å². The van der Waals surface area contributed by atoms with Gasteiger partial charge >= 0.3 is 11.9 Å². The molecule has 16 heavy (non-hydrogen) atoms. The van der Waals surface area contributed by atoms with Gasteiger partial charge in [-0.05, 0) is 24.0 Å². The minimum atomic E-state index is -0.682. The Morgan fingerprint density at radius 3 is 2.44 bits per heavy atom. The van der Waals surface area contributed by atoms with E-state index in [1.165, 1.54) is 5.75 Å². The van der Waals surface area contributed by atoms with Gasteiger partial charge in [-0.2, -0.15) is 23.5 Å². The van der Waals surface area contributed by atoms with E-state index in [0.717, 1.165) is 5.75 Å². The molecular formula is C10H18O4S2. The van der Waals surface area contributed by atoms with Crippen molar-refractivity contribution in [3.63, 3.8) is 0 Å². The third-order valence-electron chi connectivity index (χ3n) is 1.74. The highest BCUT2D eigenvalue weighted by Crippen LogP contribution is 2.10. The van der Waals surface area contributed by atoms with Gasteiger partial charge in [0.15, 0.2) is 12.7 Å². The number of carbonyl (C=O) groups excluding carboxylic acids is 2. The molecule has 1 saturated heterocycles. The van der Waals surface area contributed by atoms with Crippen molar-refractivity contribution in [1.29, 1.82) is 0 Å². The lowest BCUT2D eigenvalue weighted by Gasteiger charge is -2.20. The van der Waals surface area contributed by atoms with Crippen molar-refractivity contribution in [2.45, 2.75) is 19.4 Å². The standard InChI is InChI=1S/C7H10O4S.C3H8S/c1-12-3-2-5-7(9)10-4-6(8)11-5;1-3-4-2/h5H,2-4H2,1H3;3H2,1-2H3. The number of ether oxygens (including phenoxy) is 2. The number of thioether (sulfide) groups is 2. The molecule has 0 aliphatic carbocycles. The summed E-state index contributed by atoms with van der Waals surface area (Å²) >= 11 is 3.46. The van der Waals surface area contributed by atoms with Gasteiger partial charge in [-0.1, -0.05) is 6.92 Å². The van der Waals surface area contributed by atoms with Crippen molar-refractivity contribution in [1.82, 2.24) is 0 Å². The molecule has 1 fully saturated rings. The van der Waals surface area contributed by atoms with Crippen molar-refractivity contribution >= 4 is 35.5 Å². The predicted molar refractivity (Wildman–Crippen MR) is 67.9 cm³/mol. The molecule has 1 unspecified atom stereocenters. The van der Waals surface area contributed by atoms with Gasteiger partial charge in [-0.25, -0.2) is 9.59 Å². The van der Waals surface area contributed by atoms with E-state index in [4.69, 9.17) is 4.74 Å². The zero-order chi connectivity index (χ0) is 12.4. The van der Waals surface area contributed by atoms with Crippen molar-refractivity contribution in [3.05, 3.63) is 0 Å². The second-order valence-corrected chi connectivity index (χ2v) is 5.09. The Balaban J connectivity index is 0.000000487. The lowest BCUT2D eigenvalue weighted by molar-refractivity contribution is -0.184. The maximum Gasteiger partial charge on any atom is 0.348 e. The van der Waals surface area contributed by atoms with Crippen LogP contribution in [-0.4, -0.2) is 48.7 Å². The molecule has 1 aliphatic rings. The summed E-state index contributed by atoms with van der Waals surface area (Å²) in [4.78, 5) is 21.6. The summed E-state index contributed by atoms with van der Waals surface area (Å²) in [6.45, 7) is 1.90. The fraction of sp³-hybridized carbons (Fsp3) is 0.800. The van der Waals surface area contributed by atoms with E-state index in [0.29, 0.717) is 6.42 Å². The summed E-state index contributed by atoms with van der Waals surface area (Å²) in [5.74, 6) is 1.14. The number of carbonyl (C=O) groups is 2. The maximum atomic E-state index is 10.9. The molecule has 0 spiro atoms. The summed E-state index contributed by atoms with van der Waals surface area (Å²) in [6, 6.07) is 0. The zero-order valence-electron chi connectivity index (χ0n) is 9.86. The fourth-order valence-electron chi connectivity index (χ4n) is 0.865. The van der Waals surface area contributed by atoms with Crippen molar-refractivity contribution in [3.8, 4) is 0 Å². The predicted octanol–water partition coefficient (Wildman–Crippen LogP) is 1.58. The Kier molecular flexibility index (Phi) is 9.62. The van der Waals surface area contributed by atoms with Crippen LogP contribution in [0.15, 0.2) is 0 Å². The monoisotopic (exact) mass is 266 g/mol. The minimum absolute atomic E-state index is 0.241. The van der Waals surface area contributed by atoms with E-state index < -0.39 is 18.0 Å². The first kappa shape index (κ1) is 15.6. The smallest absolute Gasteiger partial charge is 0.348 e. The molecule has 0 aromatic heterocycles. The van der Waals surface area contributed by atoms with Gasteiger partial charge in [0.05, 0.1) is 0 Å². The Labute approximate surface area is 105 Å². The van der Waals surface area contributed by atoms with Gasteiger partial charge < -0.3 is 9.47 Å². The van der Waals surface area contributed by atoms with E-state index >= 15 is 0 Å². The molecule has 0 radical (unpaired) electrons. The Morgan fingerprint density at radius 1 is 1.31 bits per heavy atom. The lowest BCUT2D eigenvalue weighted by atomic mass is 10.2. The highest BCUT2D eigenvalue weighted by Gasteiger charge is 2.29. The van der Waals surface area contributed by atoms with Crippen LogP contribution in [-0.2, 0) is 19.1 Å². The summed E-state index contributed by atoms with van der Waals surface area (Å²) in [5.41, 5.74) is 0. The van der Waals surface area contributed by atoms with Crippen LogP contribution >= 0.6 is 23.5 Å². The Hall–Kier alpha value is -0.360. The van der Waals surface area contributed by atoms with Crippen LogP contribution in [0.1, 0.15) is 13.3 Å². The molecule has 1 rings (SSSR count). The average Bonchev–Trinajstić information content (AvgIpc) is 2.30. The van der Waals surface area contributed by atoms with Gasteiger partial charge in [0, 0.05) is 6.42 Å². The molecule has 1 atom stereocenters. The van der Waals surface area contributed by atoms with Crippen LogP contribution in [0.25, 0.3) is 0 Å². The van der Waals surface area contributed by atoms with Crippen LogP contribution in [0.3, 0.4) is 0 Å². The second kappa shape index (κ2) is 9.84. The average molecular weight is 266 g/mol. The summed E-state index contributed by atoms with van der Waals surface area (Å²) < 4.78 is 9.35. The molecule has 1 heterocycles. The molecule has 0 N–H and O–H groups in total. The molecule has 0 saturated carbocycles. The van der Waals surface area contributed by atoms with Crippen molar-refractivity contribution < 1.29 is 19.1 Å². The van der Waals surface area contributed by atoms with Crippen LogP contribution in [0, 0.1) is 0 Å². The Bertz CT molecular complexity index is 219. The molecule has 1 aliphatic heterocycles. The molecular weight excluding hydrogens is 248 g/mol. The number of esters is 2. The summed E-state index contributed by atoms with van der Waals surface area (Å²) in [7, 11) is 0. The van der Waals surface area contributed by atoms with E-state index in [1.54, 1.807) is 11.8 Å². The highest BCUT2D eigenvalue weighted by molar-refractivity contribution is 7.98. The maximum absolute atomic E-state index is 10.9. The summed E-state index contributed by atoms with van der Waals surface area (Å²) in [5, 5.41) is 0. The van der Waals surface area contributed by atoms with Crippen LogP contribution < -0.4 is 0 Å². The van der Waals surface area contributed by atoms with Crippen LogP contribution in [0.2, 0.25) is 0 Å². The van der Waals surface area contributed by atoms with E-state index in [9.17, 15) is 9.59 Å². The first-order chi connectivity index (χ1) is 7.65. The van der Waals surface area contributed by atoms with Gasteiger partial charge in [-0.15, -0.1) is 0 Å². The third kappa shape index (κ3) is 7.00. The fourth-order valence-corrected chi connectivity index (χ4v) is 1.32. The minimum Gasteiger partial charge on any atom is -0.451 e. The number of rotatable bonds is 4. The van der Waals surface area contributed by atoms with Gasteiger partial charge in [0.2, 0.25) is 0 Å². The van der Waals surface area contributed by atoms with Crippen molar-refractivity contribution in [2.75, 3.05) is 30.6 Å². The molecule has 0 aromatic rings. The largest absolute Gasteiger partial charge is 0.451 e. The van der Waals surface area contributed by atoms with Gasteiger partial charge in [0.1, 0.15) is 0 Å². The number of hydrogen-bond donors (Lipinski definition) is 0. The van der Waals surface area contributed by atoms with Gasteiger partial charge in [-0.3, -0.25) is 0 Å². The van der Waals surface area contributed by atoms with Crippen molar-refractivity contribution in [2.24, 2.45) is 0 Å². The molecule has 0 aromatic carbocycles. The lowest BCUT2D eigenvalue weighted by Crippen LogP contribution is -2.37. The van der Waals surface area contributed by atoms with E-state index in [2.05, 4.69) is 17.9 Å². The molecule has 0 amide bonds. The zero-order valence-corrected chi connectivity index (χ0v) is 11.5. The molecule has 4 nitrogen and oxygen atoms in total. The van der Waals surface area contributed by atoms with Gasteiger partial charge in [0.25, 0.3) is 0 Å². The first-order valence-corrected chi connectivity index (χ1v) is 7.78. The SMILES string of the molecule is CCSC.CSCCC1OC(=O)COC1=O. The number of cyclic esters (lactones) is 2. The molecule has 0 bridgehead atoms. The topological polar surface area (TPSA) is 52.6 Å². The van der Waals surface area contributed by atoms with E-state index in [-0.39, 0.29) is 6.61 Å². The molecule has 6 heteroatoms. The first-order valence-electron chi connectivity index (χ1n) is 4.99. The number of hydrogen-bond acceptors (Lipinski definition) is 6. The quantitative estimate of drug-likeness (QED) is 0.720. The normalized spacial score (nSPS) is 19.3. The van der Waals surface area contributed by atoms with Crippen LogP contribution in [0.5, 0.6) is 0 Å². The third-order valence-corrected chi connectivity index (χ3v) is 2.96. The summed E-state index contributed by atoms with van der Waals surface area (Å²) in [6.07, 6.45) is 3.88. The highest BCUT2D eigenvalue weighted by atomic mass is 32.2. The Morgan fingerprint density at radius 2 is 1.94 bits per heavy atom. The van der Waals surface area contributed by atoms with Crippen LogP contribution in [0.4, 0.5) is 0 Å².